The minimum Gasteiger partial charge on any atom is -0.396 e. The second-order valence-electron chi connectivity index (χ2n) is 4.15. The Bertz CT molecular complexity index is 643. The van der Waals surface area contributed by atoms with Gasteiger partial charge in [0.1, 0.15) is 5.82 Å². The summed E-state index contributed by atoms with van der Waals surface area (Å²) in [5, 5.41) is 2.73. The van der Waals surface area contributed by atoms with Gasteiger partial charge in [-0.15, -0.1) is 0 Å². The normalized spacial score (nSPS) is 10.3. The van der Waals surface area contributed by atoms with Crippen molar-refractivity contribution in [2.24, 2.45) is 0 Å². The van der Waals surface area contributed by atoms with Crippen molar-refractivity contribution in [3.05, 3.63) is 57.8 Å². The van der Waals surface area contributed by atoms with Crippen molar-refractivity contribution in [3.8, 4) is 0 Å². The van der Waals surface area contributed by atoms with Crippen LogP contribution < -0.4 is 11.1 Å². The lowest BCUT2D eigenvalue weighted by atomic mass is 10.1. The van der Waals surface area contributed by atoms with Crippen molar-refractivity contribution >= 4 is 33.2 Å². The van der Waals surface area contributed by atoms with Crippen molar-refractivity contribution in [3.63, 3.8) is 0 Å². The monoisotopic (exact) mass is 322 g/mol. The molecule has 0 saturated heterocycles. The third-order valence-electron chi connectivity index (χ3n) is 2.70. The van der Waals surface area contributed by atoms with Gasteiger partial charge in [0.25, 0.3) is 5.91 Å². The molecule has 3 nitrogen and oxygen atoms in total. The Morgan fingerprint density at radius 1 is 1.26 bits per heavy atom. The first-order valence-electron chi connectivity index (χ1n) is 5.60. The van der Waals surface area contributed by atoms with Gasteiger partial charge in [0.05, 0.1) is 5.69 Å². The first-order chi connectivity index (χ1) is 8.97. The zero-order chi connectivity index (χ0) is 14.0. The number of nitrogen functional groups attached to an aromatic ring is 1. The average molecular weight is 323 g/mol. The molecule has 3 N–H and O–H groups in total. The smallest absolute Gasteiger partial charge is 0.255 e. The number of rotatable bonds is 2. The first kappa shape index (κ1) is 13.5. The average Bonchev–Trinajstić information content (AvgIpc) is 2.36. The highest BCUT2D eigenvalue weighted by atomic mass is 79.9. The van der Waals surface area contributed by atoms with Gasteiger partial charge in [-0.05, 0) is 48.9 Å². The fourth-order valence-corrected chi connectivity index (χ4v) is 2.11. The van der Waals surface area contributed by atoms with Crippen molar-refractivity contribution in [2.45, 2.75) is 6.92 Å². The third kappa shape index (κ3) is 3.12. The number of carbonyl (C=O) groups excluding carboxylic acids is 1. The number of nitrogens with two attached hydrogens (primary N) is 1. The number of hydrogen-bond acceptors (Lipinski definition) is 2. The van der Waals surface area contributed by atoms with Gasteiger partial charge in [-0.3, -0.25) is 4.79 Å². The molecule has 0 unspecified atom stereocenters. The molecule has 0 radical (unpaired) electrons. The standard InChI is InChI=1S/C14H12BrFN2O/c1-8-6-10(15)3-5-13(8)18-14(19)9-2-4-12(17)11(16)7-9/h2-7H,17H2,1H3,(H,18,19). The lowest BCUT2D eigenvalue weighted by Crippen LogP contribution is -2.13. The molecule has 0 heterocycles. The van der Waals surface area contributed by atoms with Crippen LogP contribution in [0.5, 0.6) is 0 Å². The van der Waals surface area contributed by atoms with Crippen molar-refractivity contribution in [1.82, 2.24) is 0 Å². The highest BCUT2D eigenvalue weighted by Crippen LogP contribution is 2.21. The van der Waals surface area contributed by atoms with Gasteiger partial charge < -0.3 is 11.1 Å². The maximum atomic E-state index is 13.3. The lowest BCUT2D eigenvalue weighted by molar-refractivity contribution is 0.102. The van der Waals surface area contributed by atoms with Crippen LogP contribution in [-0.2, 0) is 0 Å². The number of nitrogens with one attached hydrogen (secondary N) is 1. The number of carbonyl (C=O) groups is 1. The van der Waals surface area contributed by atoms with Gasteiger partial charge in [0.2, 0.25) is 0 Å². The van der Waals surface area contributed by atoms with Gasteiger partial charge in [-0.2, -0.15) is 0 Å². The van der Waals surface area contributed by atoms with Crippen LogP contribution in [0.4, 0.5) is 15.8 Å². The minimum absolute atomic E-state index is 0.0244. The van der Waals surface area contributed by atoms with E-state index in [1.807, 2.05) is 19.1 Å². The Kier molecular flexibility index (Phi) is 3.85. The molecule has 98 valence electrons. The van der Waals surface area contributed by atoms with Crippen LogP contribution in [-0.4, -0.2) is 5.91 Å². The molecule has 2 aromatic rings. The molecular formula is C14H12BrFN2O. The molecule has 1 amide bonds. The molecule has 0 bridgehead atoms. The van der Waals surface area contributed by atoms with E-state index < -0.39 is 5.82 Å². The van der Waals surface area contributed by atoms with Crippen LogP contribution >= 0.6 is 15.9 Å². The van der Waals surface area contributed by atoms with E-state index in [-0.39, 0.29) is 17.2 Å². The van der Waals surface area contributed by atoms with E-state index in [1.54, 1.807) is 6.07 Å². The predicted octanol–water partition coefficient (Wildman–Crippen LogP) is 3.73. The predicted molar refractivity (Wildman–Crippen MR) is 77.6 cm³/mol. The topological polar surface area (TPSA) is 55.1 Å². The maximum Gasteiger partial charge on any atom is 0.255 e. The molecule has 2 aromatic carbocycles. The van der Waals surface area contributed by atoms with Gasteiger partial charge in [-0.1, -0.05) is 15.9 Å². The van der Waals surface area contributed by atoms with E-state index in [2.05, 4.69) is 21.2 Å². The van der Waals surface area contributed by atoms with Crippen molar-refractivity contribution in [2.75, 3.05) is 11.1 Å². The van der Waals surface area contributed by atoms with Crippen LogP contribution in [0.15, 0.2) is 40.9 Å². The molecule has 0 fully saturated rings. The summed E-state index contributed by atoms with van der Waals surface area (Å²) < 4.78 is 14.2. The van der Waals surface area contributed by atoms with E-state index >= 15 is 0 Å². The maximum absolute atomic E-state index is 13.3. The minimum atomic E-state index is -0.597. The second kappa shape index (κ2) is 5.40. The summed E-state index contributed by atoms with van der Waals surface area (Å²) in [4.78, 5) is 12.0. The Balaban J connectivity index is 2.23. The number of benzene rings is 2. The molecule has 2 rings (SSSR count). The van der Waals surface area contributed by atoms with Gasteiger partial charge >= 0.3 is 0 Å². The Hall–Kier alpha value is -1.88. The summed E-state index contributed by atoms with van der Waals surface area (Å²) in [5.41, 5.74) is 7.23. The van der Waals surface area contributed by atoms with E-state index in [1.165, 1.54) is 12.1 Å². The fourth-order valence-electron chi connectivity index (χ4n) is 1.63. The second-order valence-corrected chi connectivity index (χ2v) is 5.07. The van der Waals surface area contributed by atoms with E-state index in [0.29, 0.717) is 5.69 Å². The number of aryl methyl sites for hydroxylation is 1. The summed E-state index contributed by atoms with van der Waals surface area (Å²) >= 11 is 3.35. The van der Waals surface area contributed by atoms with Gasteiger partial charge in [0, 0.05) is 15.7 Å². The highest BCUT2D eigenvalue weighted by molar-refractivity contribution is 9.10. The Morgan fingerprint density at radius 2 is 2.00 bits per heavy atom. The summed E-state index contributed by atoms with van der Waals surface area (Å²) in [5.74, 6) is -0.968. The van der Waals surface area contributed by atoms with Crippen LogP contribution in [0.2, 0.25) is 0 Å². The molecule has 0 spiro atoms. The first-order valence-corrected chi connectivity index (χ1v) is 6.39. The Morgan fingerprint density at radius 3 is 2.63 bits per heavy atom. The molecule has 0 aromatic heterocycles. The number of halogens is 2. The van der Waals surface area contributed by atoms with Crippen LogP contribution in [0.3, 0.4) is 0 Å². The lowest BCUT2D eigenvalue weighted by Gasteiger charge is -2.09. The number of hydrogen-bond donors (Lipinski definition) is 2. The van der Waals surface area contributed by atoms with Crippen molar-refractivity contribution in [1.29, 1.82) is 0 Å². The van der Waals surface area contributed by atoms with Crippen LogP contribution in [0, 0.1) is 12.7 Å². The van der Waals surface area contributed by atoms with Crippen LogP contribution in [0.1, 0.15) is 15.9 Å². The van der Waals surface area contributed by atoms with Gasteiger partial charge in [-0.25, -0.2) is 4.39 Å². The number of amides is 1. The zero-order valence-corrected chi connectivity index (χ0v) is 11.8. The molecule has 19 heavy (non-hydrogen) atoms. The third-order valence-corrected chi connectivity index (χ3v) is 3.19. The summed E-state index contributed by atoms with van der Waals surface area (Å²) in [6, 6.07) is 9.48. The molecule has 0 atom stereocenters. The number of anilines is 2. The van der Waals surface area contributed by atoms with E-state index in [9.17, 15) is 9.18 Å². The molecule has 0 aliphatic carbocycles. The zero-order valence-electron chi connectivity index (χ0n) is 10.2. The Labute approximate surface area is 118 Å². The molecule has 0 aliphatic rings. The summed E-state index contributed by atoms with van der Waals surface area (Å²) in [6.45, 7) is 1.88. The molecular weight excluding hydrogens is 311 g/mol. The summed E-state index contributed by atoms with van der Waals surface area (Å²) in [7, 11) is 0. The summed E-state index contributed by atoms with van der Waals surface area (Å²) in [6.07, 6.45) is 0. The van der Waals surface area contributed by atoms with Gasteiger partial charge in [0.15, 0.2) is 0 Å². The van der Waals surface area contributed by atoms with Crippen molar-refractivity contribution < 1.29 is 9.18 Å². The molecule has 0 aliphatic heterocycles. The SMILES string of the molecule is Cc1cc(Br)ccc1NC(=O)c1ccc(N)c(F)c1. The fraction of sp³-hybridized carbons (Fsp3) is 0.0714. The quantitative estimate of drug-likeness (QED) is 0.828. The largest absolute Gasteiger partial charge is 0.396 e. The molecule has 5 heteroatoms. The highest BCUT2D eigenvalue weighted by Gasteiger charge is 2.10. The van der Waals surface area contributed by atoms with E-state index in [0.717, 1.165) is 16.1 Å². The van der Waals surface area contributed by atoms with E-state index in [4.69, 9.17) is 5.73 Å². The van der Waals surface area contributed by atoms with Crippen LogP contribution in [0.25, 0.3) is 0 Å². The molecule has 0 saturated carbocycles.